The number of halogens is 1. The summed E-state index contributed by atoms with van der Waals surface area (Å²) in [5.41, 5.74) is -0.0715. The zero-order chi connectivity index (χ0) is 21.5. The van der Waals surface area contributed by atoms with Crippen LogP contribution in [0.15, 0.2) is 47.1 Å². The molecule has 1 saturated heterocycles. The Kier molecular flexibility index (Phi) is 7.63. The van der Waals surface area contributed by atoms with Crippen LogP contribution in [-0.4, -0.2) is 42.4 Å². The Morgan fingerprint density at radius 3 is 2.47 bits per heavy atom. The number of nitrogens with one attached hydrogen (secondary N) is 2. The zero-order valence-corrected chi connectivity index (χ0v) is 17.6. The van der Waals surface area contributed by atoms with Crippen molar-refractivity contribution in [2.24, 2.45) is 5.92 Å². The van der Waals surface area contributed by atoms with Gasteiger partial charge in [0.15, 0.2) is 0 Å². The smallest absolute Gasteiger partial charge is 0.254 e. The lowest BCUT2D eigenvalue weighted by atomic mass is 10.0. The van der Waals surface area contributed by atoms with Gasteiger partial charge in [-0.15, -0.1) is 0 Å². The lowest BCUT2D eigenvalue weighted by Crippen LogP contribution is -2.51. The van der Waals surface area contributed by atoms with Crippen LogP contribution in [0.4, 0.5) is 4.39 Å². The van der Waals surface area contributed by atoms with Crippen molar-refractivity contribution >= 4 is 11.8 Å². The molecular formula is C23H30FN3O3. The number of carbonyl (C=O) groups excluding carboxylic acids is 2. The van der Waals surface area contributed by atoms with Crippen molar-refractivity contribution in [3.8, 4) is 0 Å². The third-order valence-electron chi connectivity index (χ3n) is 5.53. The molecule has 0 spiro atoms. The molecule has 7 heteroatoms. The number of benzene rings is 1. The number of hydrogen-bond donors (Lipinski definition) is 2. The van der Waals surface area contributed by atoms with E-state index < -0.39 is 17.8 Å². The summed E-state index contributed by atoms with van der Waals surface area (Å²) in [6.07, 6.45) is 5.10. The maximum atomic E-state index is 13.9. The molecule has 162 valence electrons. The molecule has 0 radical (unpaired) electrons. The van der Waals surface area contributed by atoms with Crippen LogP contribution in [0, 0.1) is 11.7 Å². The van der Waals surface area contributed by atoms with E-state index in [0.717, 1.165) is 31.7 Å². The first-order valence-electron chi connectivity index (χ1n) is 10.6. The molecule has 0 aliphatic carbocycles. The second-order valence-corrected chi connectivity index (χ2v) is 8.05. The van der Waals surface area contributed by atoms with Gasteiger partial charge in [0.2, 0.25) is 5.91 Å². The highest BCUT2D eigenvalue weighted by molar-refractivity contribution is 5.97. The second-order valence-electron chi connectivity index (χ2n) is 8.05. The van der Waals surface area contributed by atoms with Crippen LogP contribution < -0.4 is 10.6 Å². The lowest BCUT2D eigenvalue weighted by Gasteiger charge is -2.34. The number of amides is 2. The van der Waals surface area contributed by atoms with Crippen molar-refractivity contribution in [3.05, 3.63) is 59.8 Å². The summed E-state index contributed by atoms with van der Waals surface area (Å²) in [7, 11) is 0. The van der Waals surface area contributed by atoms with E-state index in [4.69, 9.17) is 4.42 Å². The Hall–Kier alpha value is -2.67. The Morgan fingerprint density at radius 2 is 1.83 bits per heavy atom. The Bertz CT molecular complexity index is 832. The van der Waals surface area contributed by atoms with E-state index in [-0.39, 0.29) is 23.4 Å². The van der Waals surface area contributed by atoms with Crippen molar-refractivity contribution < 1.29 is 18.4 Å². The summed E-state index contributed by atoms with van der Waals surface area (Å²) in [6, 6.07) is 8.69. The van der Waals surface area contributed by atoms with Gasteiger partial charge in [0.1, 0.15) is 17.6 Å². The number of likely N-dealkylation sites (tertiary alicyclic amines) is 1. The number of piperidine rings is 1. The van der Waals surface area contributed by atoms with E-state index in [1.807, 2.05) is 26.0 Å². The second kappa shape index (κ2) is 10.4. The van der Waals surface area contributed by atoms with Crippen LogP contribution in [0.2, 0.25) is 0 Å². The molecule has 2 amide bonds. The fraction of sp³-hybridized carbons (Fsp3) is 0.478. The molecule has 1 fully saturated rings. The highest BCUT2D eigenvalue weighted by Gasteiger charge is 2.29. The third kappa shape index (κ3) is 5.48. The first-order valence-corrected chi connectivity index (χ1v) is 10.6. The topological polar surface area (TPSA) is 74.6 Å². The number of carbonyl (C=O) groups is 2. The quantitative estimate of drug-likeness (QED) is 0.692. The Labute approximate surface area is 176 Å². The van der Waals surface area contributed by atoms with Gasteiger partial charge >= 0.3 is 0 Å². The van der Waals surface area contributed by atoms with Gasteiger partial charge in [0.25, 0.3) is 5.91 Å². The molecule has 3 rings (SSSR count). The van der Waals surface area contributed by atoms with E-state index in [1.165, 1.54) is 24.6 Å². The molecule has 0 saturated carbocycles. The van der Waals surface area contributed by atoms with E-state index >= 15 is 0 Å². The Morgan fingerprint density at radius 1 is 1.10 bits per heavy atom. The van der Waals surface area contributed by atoms with Gasteiger partial charge in [-0.25, -0.2) is 4.39 Å². The van der Waals surface area contributed by atoms with Gasteiger partial charge in [-0.3, -0.25) is 14.5 Å². The maximum Gasteiger partial charge on any atom is 0.254 e. The number of rotatable bonds is 8. The van der Waals surface area contributed by atoms with Crippen molar-refractivity contribution in [2.45, 2.75) is 45.2 Å². The highest BCUT2D eigenvalue weighted by atomic mass is 19.1. The zero-order valence-electron chi connectivity index (χ0n) is 17.6. The first kappa shape index (κ1) is 22.0. The van der Waals surface area contributed by atoms with Gasteiger partial charge in [0, 0.05) is 6.54 Å². The van der Waals surface area contributed by atoms with Gasteiger partial charge in [-0.1, -0.05) is 32.4 Å². The number of nitrogens with zero attached hydrogens (tertiary/aromatic N) is 1. The summed E-state index contributed by atoms with van der Waals surface area (Å²) in [4.78, 5) is 27.8. The summed E-state index contributed by atoms with van der Waals surface area (Å²) in [5.74, 6) is -0.837. The van der Waals surface area contributed by atoms with E-state index in [0.29, 0.717) is 6.54 Å². The van der Waals surface area contributed by atoms with Crippen LogP contribution in [0.3, 0.4) is 0 Å². The average molecular weight is 416 g/mol. The third-order valence-corrected chi connectivity index (χ3v) is 5.53. The van der Waals surface area contributed by atoms with Crippen molar-refractivity contribution in [2.75, 3.05) is 19.6 Å². The van der Waals surface area contributed by atoms with Crippen LogP contribution in [0.25, 0.3) is 0 Å². The predicted octanol–water partition coefficient (Wildman–Crippen LogP) is 3.52. The summed E-state index contributed by atoms with van der Waals surface area (Å²) in [6.45, 7) is 5.99. The minimum atomic E-state index is -0.768. The normalized spacial score (nSPS) is 16.8. The molecular weight excluding hydrogens is 385 g/mol. The largest absolute Gasteiger partial charge is 0.468 e. The number of hydrogen-bond acceptors (Lipinski definition) is 4. The van der Waals surface area contributed by atoms with E-state index in [2.05, 4.69) is 15.5 Å². The average Bonchev–Trinajstić information content (AvgIpc) is 3.27. The summed E-state index contributed by atoms with van der Waals surface area (Å²) < 4.78 is 19.6. The molecule has 0 bridgehead atoms. The molecule has 1 aliphatic rings. The first-order chi connectivity index (χ1) is 14.5. The summed E-state index contributed by atoms with van der Waals surface area (Å²) >= 11 is 0. The lowest BCUT2D eigenvalue weighted by molar-refractivity contribution is -0.124. The molecule has 30 heavy (non-hydrogen) atoms. The Balaban J connectivity index is 1.66. The number of furan rings is 1. The van der Waals surface area contributed by atoms with Crippen LogP contribution >= 0.6 is 0 Å². The highest BCUT2D eigenvalue weighted by Crippen LogP contribution is 2.24. The molecule has 2 heterocycles. The fourth-order valence-electron chi connectivity index (χ4n) is 3.83. The molecule has 1 aliphatic heterocycles. The van der Waals surface area contributed by atoms with E-state index in [1.54, 1.807) is 12.3 Å². The van der Waals surface area contributed by atoms with Crippen LogP contribution in [0.1, 0.15) is 55.3 Å². The van der Waals surface area contributed by atoms with Gasteiger partial charge in [-0.2, -0.15) is 0 Å². The summed E-state index contributed by atoms with van der Waals surface area (Å²) in [5, 5.41) is 5.66. The van der Waals surface area contributed by atoms with Crippen molar-refractivity contribution in [1.29, 1.82) is 0 Å². The van der Waals surface area contributed by atoms with Crippen molar-refractivity contribution in [1.82, 2.24) is 15.5 Å². The predicted molar refractivity (Wildman–Crippen MR) is 112 cm³/mol. The molecule has 2 N–H and O–H groups in total. The SMILES string of the molecule is CC(C)[C@@H](NC(=O)c1ccccc1F)C(=O)NC[C@H](c1ccco1)N1CCCCC1. The monoisotopic (exact) mass is 415 g/mol. The maximum absolute atomic E-state index is 13.9. The minimum Gasteiger partial charge on any atom is -0.468 e. The molecule has 6 nitrogen and oxygen atoms in total. The molecule has 0 unspecified atom stereocenters. The fourth-order valence-corrected chi connectivity index (χ4v) is 3.83. The van der Waals surface area contributed by atoms with E-state index in [9.17, 15) is 14.0 Å². The molecule has 1 aromatic heterocycles. The van der Waals surface area contributed by atoms with Crippen LogP contribution in [0.5, 0.6) is 0 Å². The van der Waals surface area contributed by atoms with Gasteiger partial charge in [0.05, 0.1) is 17.9 Å². The van der Waals surface area contributed by atoms with Crippen LogP contribution in [-0.2, 0) is 4.79 Å². The standard InChI is InChI=1S/C23H30FN3O3/c1-16(2)21(26-22(28)17-9-4-5-10-18(17)24)23(29)25-15-19(20-11-8-14-30-20)27-12-6-3-7-13-27/h4-5,8-11,14,16,19,21H,3,6-7,12-13,15H2,1-2H3,(H,25,29)(H,26,28)/t19-,21-/m1/s1. The minimum absolute atomic E-state index is 0.0562. The van der Waals surface area contributed by atoms with Crippen molar-refractivity contribution in [3.63, 3.8) is 0 Å². The van der Waals surface area contributed by atoms with Gasteiger partial charge < -0.3 is 15.1 Å². The molecule has 2 atom stereocenters. The molecule has 1 aromatic carbocycles. The van der Waals surface area contributed by atoms with Gasteiger partial charge in [-0.05, 0) is 56.1 Å². The molecule has 2 aromatic rings.